The summed E-state index contributed by atoms with van der Waals surface area (Å²) in [4.78, 5) is 17.0. The number of rotatable bonds is 10. The molecule has 1 atom stereocenters. The molecule has 6 heteroatoms. The standard InChI is InChI=1S/C22H38N4O2/c1-6-9-17(12-13-27)15-24-21(23-7-2)25-16-18-10-8-11-19(14-18)20(28)26-22(3,4)5/h8,10-11,14,17,27H,6-7,9,12-13,15-16H2,1-5H3,(H,26,28)(H2,23,24,25). The van der Waals surface area contributed by atoms with Gasteiger partial charge in [-0.15, -0.1) is 0 Å². The summed E-state index contributed by atoms with van der Waals surface area (Å²) in [5.74, 6) is 1.11. The Hall–Kier alpha value is -2.08. The van der Waals surface area contributed by atoms with E-state index in [2.05, 4.69) is 27.9 Å². The van der Waals surface area contributed by atoms with E-state index in [1.807, 2.05) is 52.0 Å². The van der Waals surface area contributed by atoms with E-state index < -0.39 is 0 Å². The van der Waals surface area contributed by atoms with Crippen molar-refractivity contribution in [1.29, 1.82) is 0 Å². The molecule has 1 aromatic carbocycles. The number of amides is 1. The fraction of sp³-hybridized carbons (Fsp3) is 0.636. The highest BCUT2D eigenvalue weighted by atomic mass is 16.3. The van der Waals surface area contributed by atoms with Crippen LogP contribution in [0.4, 0.5) is 0 Å². The van der Waals surface area contributed by atoms with Gasteiger partial charge in [-0.3, -0.25) is 4.79 Å². The van der Waals surface area contributed by atoms with Crippen LogP contribution >= 0.6 is 0 Å². The van der Waals surface area contributed by atoms with Crippen molar-refractivity contribution in [3.8, 4) is 0 Å². The lowest BCUT2D eigenvalue weighted by molar-refractivity contribution is 0.0919. The van der Waals surface area contributed by atoms with Gasteiger partial charge in [-0.1, -0.05) is 25.5 Å². The molecule has 0 saturated carbocycles. The topological polar surface area (TPSA) is 85.8 Å². The van der Waals surface area contributed by atoms with Crippen LogP contribution in [-0.4, -0.2) is 42.2 Å². The molecule has 6 nitrogen and oxygen atoms in total. The third kappa shape index (κ3) is 9.74. The molecule has 0 heterocycles. The average molecular weight is 391 g/mol. The second kappa shape index (κ2) is 12.4. The number of hydrogen-bond donors (Lipinski definition) is 4. The van der Waals surface area contributed by atoms with E-state index >= 15 is 0 Å². The molecule has 0 aliphatic carbocycles. The Balaban J connectivity index is 2.76. The Morgan fingerprint density at radius 3 is 2.54 bits per heavy atom. The molecule has 0 fully saturated rings. The lowest BCUT2D eigenvalue weighted by Crippen LogP contribution is -2.40. The molecule has 0 aliphatic heterocycles. The van der Waals surface area contributed by atoms with E-state index in [9.17, 15) is 9.90 Å². The quantitative estimate of drug-likeness (QED) is 0.365. The lowest BCUT2D eigenvalue weighted by atomic mass is 10.0. The van der Waals surface area contributed by atoms with Gasteiger partial charge in [-0.05, 0) is 64.2 Å². The Morgan fingerprint density at radius 1 is 1.18 bits per heavy atom. The monoisotopic (exact) mass is 390 g/mol. The molecule has 28 heavy (non-hydrogen) atoms. The molecule has 0 aliphatic rings. The number of aliphatic hydroxyl groups excluding tert-OH is 1. The molecule has 0 aromatic heterocycles. The molecule has 158 valence electrons. The number of guanidine groups is 1. The third-order valence-electron chi connectivity index (χ3n) is 4.23. The molecule has 0 saturated heterocycles. The first-order chi connectivity index (χ1) is 13.3. The number of nitrogens with zero attached hydrogens (tertiary/aromatic N) is 1. The zero-order valence-electron chi connectivity index (χ0n) is 18.1. The average Bonchev–Trinajstić information content (AvgIpc) is 2.63. The van der Waals surface area contributed by atoms with Gasteiger partial charge in [-0.25, -0.2) is 4.99 Å². The van der Waals surface area contributed by atoms with Gasteiger partial charge in [0, 0.05) is 30.8 Å². The zero-order chi connectivity index (χ0) is 21.0. The van der Waals surface area contributed by atoms with Crippen LogP contribution < -0.4 is 16.0 Å². The lowest BCUT2D eigenvalue weighted by Gasteiger charge is -2.20. The van der Waals surface area contributed by atoms with E-state index in [1.165, 1.54) is 0 Å². The molecule has 1 unspecified atom stereocenters. The third-order valence-corrected chi connectivity index (χ3v) is 4.23. The molecule has 1 rings (SSSR count). The van der Waals surface area contributed by atoms with Crippen LogP contribution in [0, 0.1) is 5.92 Å². The van der Waals surface area contributed by atoms with Gasteiger partial charge in [0.15, 0.2) is 5.96 Å². The summed E-state index contributed by atoms with van der Waals surface area (Å²) >= 11 is 0. The first-order valence-electron chi connectivity index (χ1n) is 10.3. The summed E-state index contributed by atoms with van der Waals surface area (Å²) < 4.78 is 0. The van der Waals surface area contributed by atoms with Gasteiger partial charge in [-0.2, -0.15) is 0 Å². The van der Waals surface area contributed by atoms with Gasteiger partial charge in [0.2, 0.25) is 0 Å². The fourth-order valence-corrected chi connectivity index (χ4v) is 2.92. The van der Waals surface area contributed by atoms with Gasteiger partial charge < -0.3 is 21.1 Å². The maximum Gasteiger partial charge on any atom is 0.251 e. The minimum absolute atomic E-state index is 0.0743. The van der Waals surface area contributed by atoms with Crippen molar-refractivity contribution >= 4 is 11.9 Å². The Morgan fingerprint density at radius 2 is 1.93 bits per heavy atom. The van der Waals surface area contributed by atoms with Crippen molar-refractivity contribution < 1.29 is 9.90 Å². The maximum atomic E-state index is 12.4. The van der Waals surface area contributed by atoms with Crippen molar-refractivity contribution in [2.45, 2.75) is 66.0 Å². The molecule has 1 amide bonds. The second-order valence-corrected chi connectivity index (χ2v) is 8.15. The van der Waals surface area contributed by atoms with Gasteiger partial charge >= 0.3 is 0 Å². The summed E-state index contributed by atoms with van der Waals surface area (Å²) in [7, 11) is 0. The van der Waals surface area contributed by atoms with Crippen LogP contribution in [-0.2, 0) is 6.54 Å². The Kier molecular flexibility index (Phi) is 10.6. The number of nitrogens with one attached hydrogen (secondary N) is 3. The van der Waals surface area contributed by atoms with Crippen LogP contribution in [0.5, 0.6) is 0 Å². The van der Waals surface area contributed by atoms with Crippen LogP contribution in [0.15, 0.2) is 29.3 Å². The van der Waals surface area contributed by atoms with Gasteiger partial charge in [0.1, 0.15) is 0 Å². The van der Waals surface area contributed by atoms with E-state index in [0.717, 1.165) is 43.9 Å². The maximum absolute atomic E-state index is 12.4. The van der Waals surface area contributed by atoms with E-state index in [0.29, 0.717) is 18.0 Å². The van der Waals surface area contributed by atoms with Gasteiger partial charge in [0.25, 0.3) is 5.91 Å². The van der Waals surface area contributed by atoms with Crippen LogP contribution in [0.1, 0.15) is 69.8 Å². The predicted octanol–water partition coefficient (Wildman–Crippen LogP) is 3.07. The Labute approximate surface area is 170 Å². The highest BCUT2D eigenvalue weighted by molar-refractivity contribution is 5.94. The minimum Gasteiger partial charge on any atom is -0.396 e. The molecule has 0 spiro atoms. The summed E-state index contributed by atoms with van der Waals surface area (Å²) in [6, 6.07) is 7.58. The van der Waals surface area contributed by atoms with E-state index in [4.69, 9.17) is 0 Å². The number of hydrogen-bond acceptors (Lipinski definition) is 3. The largest absolute Gasteiger partial charge is 0.396 e. The van der Waals surface area contributed by atoms with Crippen LogP contribution in [0.25, 0.3) is 0 Å². The SMILES string of the molecule is CCCC(CCO)CNC(=NCc1cccc(C(=O)NC(C)(C)C)c1)NCC. The second-order valence-electron chi connectivity index (χ2n) is 8.15. The van der Waals surface area contributed by atoms with Gasteiger partial charge in [0.05, 0.1) is 6.54 Å². The summed E-state index contributed by atoms with van der Waals surface area (Å²) in [6.07, 6.45) is 2.98. The normalized spacial score (nSPS) is 13.1. The van der Waals surface area contributed by atoms with E-state index in [-0.39, 0.29) is 18.1 Å². The fourth-order valence-electron chi connectivity index (χ4n) is 2.92. The first-order valence-corrected chi connectivity index (χ1v) is 10.3. The zero-order valence-corrected chi connectivity index (χ0v) is 18.1. The molecular weight excluding hydrogens is 352 g/mol. The number of aliphatic hydroxyl groups is 1. The van der Waals surface area contributed by atoms with Crippen molar-refractivity contribution in [3.05, 3.63) is 35.4 Å². The number of aliphatic imine (C=N–C) groups is 1. The number of carbonyl (C=O) groups is 1. The summed E-state index contributed by atoms with van der Waals surface area (Å²) in [5, 5.41) is 18.8. The molecular formula is C22H38N4O2. The highest BCUT2D eigenvalue weighted by Crippen LogP contribution is 2.10. The van der Waals surface area contributed by atoms with Crippen molar-refractivity contribution in [2.24, 2.45) is 10.9 Å². The molecule has 0 bridgehead atoms. The van der Waals surface area contributed by atoms with Crippen LogP contribution in [0.3, 0.4) is 0 Å². The summed E-state index contributed by atoms with van der Waals surface area (Å²) in [5.41, 5.74) is 1.36. The Bertz CT molecular complexity index is 617. The predicted molar refractivity (Wildman–Crippen MR) is 117 cm³/mol. The smallest absolute Gasteiger partial charge is 0.251 e. The summed E-state index contributed by atoms with van der Waals surface area (Å²) in [6.45, 7) is 12.4. The molecule has 1 aromatic rings. The molecule has 0 radical (unpaired) electrons. The minimum atomic E-state index is -0.267. The first kappa shape index (κ1) is 24.0. The highest BCUT2D eigenvalue weighted by Gasteiger charge is 2.15. The van der Waals surface area contributed by atoms with Crippen molar-refractivity contribution in [1.82, 2.24) is 16.0 Å². The van der Waals surface area contributed by atoms with Crippen LogP contribution in [0.2, 0.25) is 0 Å². The van der Waals surface area contributed by atoms with E-state index in [1.54, 1.807) is 0 Å². The molecule has 4 N–H and O–H groups in total. The van der Waals surface area contributed by atoms with Crippen molar-refractivity contribution in [2.75, 3.05) is 19.7 Å². The number of carbonyl (C=O) groups excluding carboxylic acids is 1. The van der Waals surface area contributed by atoms with Crippen molar-refractivity contribution in [3.63, 3.8) is 0 Å². The number of benzene rings is 1.